The molecule has 1 atom stereocenters. The Hall–Kier alpha value is -4.01. The van der Waals surface area contributed by atoms with Crippen molar-refractivity contribution in [2.24, 2.45) is 5.92 Å². The minimum absolute atomic E-state index is 0.157. The second kappa shape index (κ2) is 10.1. The molecule has 1 fully saturated rings. The fraction of sp³-hybridized carbons (Fsp3) is 0.292. The number of pyridine rings is 1. The maximum absolute atomic E-state index is 13.0. The van der Waals surface area contributed by atoms with E-state index < -0.39 is 5.97 Å². The Labute approximate surface area is 191 Å². The molecule has 2 aromatic heterocycles. The Kier molecular flexibility index (Phi) is 6.77. The number of aromatic amines is 1. The number of amides is 2. The molecule has 2 N–H and O–H groups in total. The SMILES string of the molecule is CCOC(=O)c1ccc(NC(=O)C2CCCN(C(=O)c3cc(-c4ccccn4)n[nH]3)C2)cc1. The van der Waals surface area contributed by atoms with Gasteiger partial charge in [-0.15, -0.1) is 0 Å². The van der Waals surface area contributed by atoms with E-state index in [1.54, 1.807) is 48.4 Å². The zero-order valence-corrected chi connectivity index (χ0v) is 18.3. The number of ether oxygens (including phenoxy) is 1. The average molecular weight is 447 g/mol. The average Bonchev–Trinajstić information content (AvgIpc) is 3.35. The lowest BCUT2D eigenvalue weighted by Gasteiger charge is -2.31. The van der Waals surface area contributed by atoms with Crippen LogP contribution in [-0.4, -0.2) is 57.6 Å². The van der Waals surface area contributed by atoms with Crippen molar-refractivity contribution in [3.8, 4) is 11.4 Å². The van der Waals surface area contributed by atoms with Gasteiger partial charge < -0.3 is 15.0 Å². The van der Waals surface area contributed by atoms with E-state index in [2.05, 4.69) is 20.5 Å². The van der Waals surface area contributed by atoms with Crippen molar-refractivity contribution in [3.05, 3.63) is 66.0 Å². The number of aromatic nitrogens is 3. The summed E-state index contributed by atoms with van der Waals surface area (Å²) in [5, 5.41) is 9.86. The van der Waals surface area contributed by atoms with Gasteiger partial charge >= 0.3 is 5.97 Å². The maximum atomic E-state index is 13.0. The van der Waals surface area contributed by atoms with Crippen LogP contribution in [0.3, 0.4) is 0 Å². The third-order valence-electron chi connectivity index (χ3n) is 5.48. The van der Waals surface area contributed by atoms with Gasteiger partial charge in [0.05, 0.1) is 23.8 Å². The number of nitrogens with one attached hydrogen (secondary N) is 2. The summed E-state index contributed by atoms with van der Waals surface area (Å²) in [5.74, 6) is -1.08. The minimum Gasteiger partial charge on any atom is -0.462 e. The Morgan fingerprint density at radius 1 is 1.15 bits per heavy atom. The van der Waals surface area contributed by atoms with Gasteiger partial charge in [-0.05, 0) is 62.2 Å². The van der Waals surface area contributed by atoms with Crippen LogP contribution in [0.25, 0.3) is 11.4 Å². The van der Waals surface area contributed by atoms with E-state index in [9.17, 15) is 14.4 Å². The molecule has 1 saturated heterocycles. The van der Waals surface area contributed by atoms with Gasteiger partial charge in [0.2, 0.25) is 5.91 Å². The molecule has 0 spiro atoms. The number of carbonyl (C=O) groups excluding carboxylic acids is 3. The Balaban J connectivity index is 1.37. The van der Waals surface area contributed by atoms with Crippen molar-refractivity contribution in [3.63, 3.8) is 0 Å². The predicted octanol–water partition coefficient (Wildman–Crippen LogP) is 3.14. The van der Waals surface area contributed by atoms with E-state index >= 15 is 0 Å². The summed E-state index contributed by atoms with van der Waals surface area (Å²) in [6, 6.07) is 13.7. The molecular formula is C24H25N5O4. The van der Waals surface area contributed by atoms with Crippen molar-refractivity contribution >= 4 is 23.5 Å². The highest BCUT2D eigenvalue weighted by Gasteiger charge is 2.30. The highest BCUT2D eigenvalue weighted by atomic mass is 16.5. The molecule has 0 aliphatic carbocycles. The normalized spacial score (nSPS) is 15.7. The lowest BCUT2D eigenvalue weighted by atomic mass is 9.96. The van der Waals surface area contributed by atoms with E-state index in [4.69, 9.17) is 4.74 Å². The molecular weight excluding hydrogens is 422 g/mol. The van der Waals surface area contributed by atoms with E-state index in [1.807, 2.05) is 18.2 Å². The van der Waals surface area contributed by atoms with Crippen molar-refractivity contribution in [2.45, 2.75) is 19.8 Å². The van der Waals surface area contributed by atoms with Crippen molar-refractivity contribution < 1.29 is 19.1 Å². The first-order valence-electron chi connectivity index (χ1n) is 10.9. The second-order valence-electron chi connectivity index (χ2n) is 7.76. The maximum Gasteiger partial charge on any atom is 0.338 e. The van der Waals surface area contributed by atoms with Crippen molar-refractivity contribution in [1.82, 2.24) is 20.1 Å². The van der Waals surface area contributed by atoms with Crippen molar-refractivity contribution in [1.29, 1.82) is 0 Å². The van der Waals surface area contributed by atoms with E-state index in [-0.39, 0.29) is 17.7 Å². The largest absolute Gasteiger partial charge is 0.462 e. The highest BCUT2D eigenvalue weighted by molar-refractivity contribution is 5.96. The Bertz CT molecular complexity index is 1130. The number of nitrogens with zero attached hydrogens (tertiary/aromatic N) is 3. The smallest absolute Gasteiger partial charge is 0.338 e. The highest BCUT2D eigenvalue weighted by Crippen LogP contribution is 2.22. The number of rotatable bonds is 6. The van der Waals surface area contributed by atoms with Gasteiger partial charge in [-0.2, -0.15) is 5.10 Å². The number of hydrogen-bond donors (Lipinski definition) is 2. The van der Waals surface area contributed by atoms with E-state index in [0.29, 0.717) is 54.4 Å². The van der Waals surface area contributed by atoms with Gasteiger partial charge in [-0.1, -0.05) is 6.07 Å². The van der Waals surface area contributed by atoms with Crippen LogP contribution in [0.1, 0.15) is 40.6 Å². The molecule has 33 heavy (non-hydrogen) atoms. The number of piperidine rings is 1. The molecule has 0 radical (unpaired) electrons. The quantitative estimate of drug-likeness (QED) is 0.561. The van der Waals surface area contributed by atoms with Gasteiger partial charge in [-0.25, -0.2) is 4.79 Å². The van der Waals surface area contributed by atoms with Crippen LogP contribution in [-0.2, 0) is 9.53 Å². The number of likely N-dealkylation sites (tertiary alicyclic amines) is 1. The molecule has 0 saturated carbocycles. The third kappa shape index (κ3) is 5.25. The number of esters is 1. The first-order valence-corrected chi connectivity index (χ1v) is 10.9. The fourth-order valence-electron chi connectivity index (χ4n) is 3.77. The number of benzene rings is 1. The molecule has 2 amide bonds. The summed E-state index contributed by atoms with van der Waals surface area (Å²) in [5.41, 5.74) is 2.65. The number of H-pyrrole nitrogens is 1. The summed E-state index contributed by atoms with van der Waals surface area (Å²) in [7, 11) is 0. The van der Waals surface area contributed by atoms with Crippen LogP contribution in [0.15, 0.2) is 54.7 Å². The number of anilines is 1. The molecule has 3 aromatic rings. The minimum atomic E-state index is -0.401. The standard InChI is InChI=1S/C24H25N5O4/c1-2-33-24(32)16-8-10-18(11-9-16)26-22(30)17-6-5-13-29(15-17)23(31)21-14-20(27-28-21)19-7-3-4-12-25-19/h3-4,7-12,14,17H,2,5-6,13,15H2,1H3,(H,26,30)(H,27,28). The molecule has 9 heteroatoms. The van der Waals surface area contributed by atoms with Crippen molar-refractivity contribution in [2.75, 3.05) is 25.0 Å². The summed E-state index contributed by atoms with van der Waals surface area (Å²) in [6.45, 7) is 2.95. The molecule has 1 aromatic carbocycles. The molecule has 1 unspecified atom stereocenters. The van der Waals surface area contributed by atoms with Crippen LogP contribution < -0.4 is 5.32 Å². The molecule has 4 rings (SSSR count). The van der Waals surface area contributed by atoms with E-state index in [0.717, 1.165) is 6.42 Å². The zero-order chi connectivity index (χ0) is 23.2. The van der Waals surface area contributed by atoms with Gasteiger partial charge in [0.15, 0.2) is 0 Å². The number of hydrogen-bond acceptors (Lipinski definition) is 6. The lowest BCUT2D eigenvalue weighted by molar-refractivity contribution is -0.121. The summed E-state index contributed by atoms with van der Waals surface area (Å²) >= 11 is 0. The number of carbonyl (C=O) groups is 3. The second-order valence-corrected chi connectivity index (χ2v) is 7.76. The van der Waals surface area contributed by atoms with Gasteiger partial charge in [0.1, 0.15) is 11.4 Å². The molecule has 0 bridgehead atoms. The van der Waals surface area contributed by atoms with Gasteiger partial charge in [0, 0.05) is 25.0 Å². The third-order valence-corrected chi connectivity index (χ3v) is 5.48. The van der Waals surface area contributed by atoms with Crippen LogP contribution in [0.2, 0.25) is 0 Å². The molecule has 3 heterocycles. The topological polar surface area (TPSA) is 117 Å². The lowest BCUT2D eigenvalue weighted by Crippen LogP contribution is -2.43. The first-order chi connectivity index (χ1) is 16.0. The van der Waals surface area contributed by atoms with Gasteiger partial charge in [-0.3, -0.25) is 19.7 Å². The van der Waals surface area contributed by atoms with Crippen LogP contribution in [0.5, 0.6) is 0 Å². The monoisotopic (exact) mass is 447 g/mol. The Morgan fingerprint density at radius 2 is 1.97 bits per heavy atom. The zero-order valence-electron chi connectivity index (χ0n) is 18.3. The van der Waals surface area contributed by atoms with Crippen LogP contribution in [0.4, 0.5) is 5.69 Å². The van der Waals surface area contributed by atoms with Crippen LogP contribution >= 0.6 is 0 Å². The first kappa shape index (κ1) is 22.2. The van der Waals surface area contributed by atoms with Gasteiger partial charge in [0.25, 0.3) is 5.91 Å². The summed E-state index contributed by atoms with van der Waals surface area (Å²) < 4.78 is 4.97. The Morgan fingerprint density at radius 3 is 2.70 bits per heavy atom. The summed E-state index contributed by atoms with van der Waals surface area (Å²) in [6.07, 6.45) is 3.09. The van der Waals surface area contributed by atoms with Crippen LogP contribution in [0, 0.1) is 5.92 Å². The molecule has 1 aliphatic heterocycles. The molecule has 170 valence electrons. The fourth-order valence-corrected chi connectivity index (χ4v) is 3.77. The predicted molar refractivity (Wildman–Crippen MR) is 121 cm³/mol. The summed E-state index contributed by atoms with van der Waals surface area (Å²) in [4.78, 5) is 43.5. The molecule has 9 nitrogen and oxygen atoms in total. The molecule has 1 aliphatic rings. The van der Waals surface area contributed by atoms with E-state index in [1.165, 1.54) is 0 Å².